The lowest BCUT2D eigenvalue weighted by atomic mass is 9.78. The summed E-state index contributed by atoms with van der Waals surface area (Å²) < 4.78 is 5.62. The molecule has 0 aliphatic rings. The summed E-state index contributed by atoms with van der Waals surface area (Å²) in [6, 6.07) is 9.54. The first-order chi connectivity index (χ1) is 9.46. The van der Waals surface area contributed by atoms with Crippen molar-refractivity contribution >= 4 is 11.9 Å². The van der Waals surface area contributed by atoms with E-state index in [0.29, 0.717) is 6.42 Å². The monoisotopic (exact) mass is 278 g/mol. The summed E-state index contributed by atoms with van der Waals surface area (Å²) in [5.74, 6) is -1.76. The van der Waals surface area contributed by atoms with Gasteiger partial charge in [-0.25, -0.2) is 0 Å². The number of carbonyl (C=O) groups is 2. The molecular weight excluding hydrogens is 256 g/mol. The van der Waals surface area contributed by atoms with Crippen LogP contribution in [0.5, 0.6) is 0 Å². The molecule has 20 heavy (non-hydrogen) atoms. The van der Waals surface area contributed by atoms with Crippen LogP contribution in [0.3, 0.4) is 0 Å². The molecular formula is C16H22O4. The summed E-state index contributed by atoms with van der Waals surface area (Å²) in [7, 11) is 0. The van der Waals surface area contributed by atoms with Crippen LogP contribution in [0.1, 0.15) is 45.6 Å². The highest BCUT2D eigenvalue weighted by atomic mass is 16.6. The number of carbonyl (C=O) groups excluding carboxylic acids is 1. The Hall–Kier alpha value is -1.84. The minimum Gasteiger partial charge on any atom is -0.481 e. The molecule has 0 heterocycles. The molecule has 0 aliphatic heterocycles. The number of benzene rings is 1. The van der Waals surface area contributed by atoms with Crippen molar-refractivity contribution in [2.45, 2.75) is 45.6 Å². The highest BCUT2D eigenvalue weighted by Gasteiger charge is 2.39. The first-order valence-electron chi connectivity index (χ1n) is 6.95. The Bertz CT molecular complexity index is 455. The number of hydrogen-bond donors (Lipinski definition) is 1. The molecule has 2 unspecified atom stereocenters. The summed E-state index contributed by atoms with van der Waals surface area (Å²) in [5, 5.41) is 8.72. The van der Waals surface area contributed by atoms with Gasteiger partial charge in [-0.05, 0) is 24.3 Å². The number of carboxylic acids is 1. The molecule has 0 aliphatic carbocycles. The van der Waals surface area contributed by atoms with Crippen LogP contribution >= 0.6 is 0 Å². The van der Waals surface area contributed by atoms with E-state index in [-0.39, 0.29) is 5.92 Å². The van der Waals surface area contributed by atoms with Gasteiger partial charge in [0.1, 0.15) is 12.0 Å². The fourth-order valence-electron chi connectivity index (χ4n) is 2.48. The van der Waals surface area contributed by atoms with Gasteiger partial charge >= 0.3 is 11.9 Å². The smallest absolute Gasteiger partial charge is 0.318 e. The molecule has 4 nitrogen and oxygen atoms in total. The zero-order valence-electron chi connectivity index (χ0n) is 12.3. The van der Waals surface area contributed by atoms with Crippen molar-refractivity contribution in [3.8, 4) is 0 Å². The highest BCUT2D eigenvalue weighted by Crippen LogP contribution is 2.39. The minimum atomic E-state index is -1.17. The Labute approximate surface area is 119 Å². The topological polar surface area (TPSA) is 63.6 Å². The van der Waals surface area contributed by atoms with E-state index in [1.165, 1.54) is 0 Å². The standard InChI is InChI=1S/C16H22O4/c1-4-12(3)16(5-2,13-9-7-6-8-10-13)20-15(19)11-14(17)18/h6-10,12H,4-5,11H2,1-3H3,(H,17,18). The average molecular weight is 278 g/mol. The zero-order valence-corrected chi connectivity index (χ0v) is 12.3. The van der Waals surface area contributed by atoms with Crippen molar-refractivity contribution in [2.75, 3.05) is 0 Å². The summed E-state index contributed by atoms with van der Waals surface area (Å²) >= 11 is 0. The Kier molecular flexibility index (Phi) is 5.74. The summed E-state index contributed by atoms with van der Waals surface area (Å²) in [6.45, 7) is 6.00. The normalized spacial score (nSPS) is 15.2. The Morgan fingerprint density at radius 3 is 2.30 bits per heavy atom. The number of carboxylic acid groups (broad SMARTS) is 1. The molecule has 1 N–H and O–H groups in total. The third-order valence-corrected chi connectivity index (χ3v) is 3.79. The molecule has 1 aromatic rings. The number of rotatable bonds is 7. The van der Waals surface area contributed by atoms with E-state index < -0.39 is 24.0 Å². The number of hydrogen-bond acceptors (Lipinski definition) is 3. The van der Waals surface area contributed by atoms with Crippen LogP contribution in [0.2, 0.25) is 0 Å². The van der Waals surface area contributed by atoms with E-state index in [0.717, 1.165) is 12.0 Å². The largest absolute Gasteiger partial charge is 0.481 e. The van der Waals surface area contributed by atoms with Gasteiger partial charge in [-0.1, -0.05) is 51.1 Å². The molecule has 4 heteroatoms. The molecule has 2 atom stereocenters. The Morgan fingerprint density at radius 1 is 1.25 bits per heavy atom. The first-order valence-corrected chi connectivity index (χ1v) is 6.95. The van der Waals surface area contributed by atoms with Crippen molar-refractivity contribution in [3.63, 3.8) is 0 Å². The van der Waals surface area contributed by atoms with Gasteiger partial charge in [0.15, 0.2) is 0 Å². The lowest BCUT2D eigenvalue weighted by molar-refractivity contribution is -0.171. The second-order valence-corrected chi connectivity index (χ2v) is 4.96. The van der Waals surface area contributed by atoms with Crippen LogP contribution in [0, 0.1) is 5.92 Å². The third-order valence-electron chi connectivity index (χ3n) is 3.79. The second-order valence-electron chi connectivity index (χ2n) is 4.96. The van der Waals surface area contributed by atoms with Crippen LogP contribution in [0.4, 0.5) is 0 Å². The van der Waals surface area contributed by atoms with E-state index >= 15 is 0 Å². The first kappa shape index (κ1) is 16.2. The summed E-state index contributed by atoms with van der Waals surface area (Å²) in [5.41, 5.74) is 0.151. The predicted molar refractivity (Wildman–Crippen MR) is 76.2 cm³/mol. The van der Waals surface area contributed by atoms with Gasteiger partial charge in [-0.3, -0.25) is 9.59 Å². The van der Waals surface area contributed by atoms with Gasteiger partial charge < -0.3 is 9.84 Å². The number of aliphatic carboxylic acids is 1. The van der Waals surface area contributed by atoms with Crippen LogP contribution in [-0.4, -0.2) is 17.0 Å². The van der Waals surface area contributed by atoms with Crippen molar-refractivity contribution in [3.05, 3.63) is 35.9 Å². The molecule has 0 bridgehead atoms. The Morgan fingerprint density at radius 2 is 1.85 bits per heavy atom. The van der Waals surface area contributed by atoms with Crippen LogP contribution in [-0.2, 0) is 19.9 Å². The van der Waals surface area contributed by atoms with Crippen molar-refractivity contribution < 1.29 is 19.4 Å². The Balaban J connectivity index is 3.13. The SMILES string of the molecule is CCC(C)C(CC)(OC(=O)CC(=O)O)c1ccccc1. The fraction of sp³-hybridized carbons (Fsp3) is 0.500. The molecule has 110 valence electrons. The summed E-state index contributed by atoms with van der Waals surface area (Å²) in [6.07, 6.45) is 0.839. The van der Waals surface area contributed by atoms with Crippen LogP contribution < -0.4 is 0 Å². The van der Waals surface area contributed by atoms with Gasteiger partial charge in [0.25, 0.3) is 0 Å². The maximum Gasteiger partial charge on any atom is 0.318 e. The quantitative estimate of drug-likeness (QED) is 0.613. The van der Waals surface area contributed by atoms with Crippen LogP contribution in [0.15, 0.2) is 30.3 Å². The maximum absolute atomic E-state index is 11.8. The molecule has 0 radical (unpaired) electrons. The zero-order chi connectivity index (χ0) is 15.2. The summed E-state index contributed by atoms with van der Waals surface area (Å²) in [4.78, 5) is 22.5. The van der Waals surface area contributed by atoms with Gasteiger partial charge in [0.2, 0.25) is 0 Å². The average Bonchev–Trinajstić information content (AvgIpc) is 2.44. The third kappa shape index (κ3) is 3.59. The van der Waals surface area contributed by atoms with Gasteiger partial charge in [-0.2, -0.15) is 0 Å². The van der Waals surface area contributed by atoms with E-state index in [1.54, 1.807) is 0 Å². The molecule has 0 fully saturated rings. The molecule has 0 spiro atoms. The van der Waals surface area contributed by atoms with E-state index in [4.69, 9.17) is 9.84 Å². The van der Waals surface area contributed by atoms with E-state index in [2.05, 4.69) is 0 Å². The van der Waals surface area contributed by atoms with Gasteiger partial charge in [0, 0.05) is 0 Å². The minimum absolute atomic E-state index is 0.104. The molecule has 0 saturated carbocycles. The van der Waals surface area contributed by atoms with Crippen molar-refractivity contribution in [1.82, 2.24) is 0 Å². The fourth-order valence-corrected chi connectivity index (χ4v) is 2.48. The molecule has 1 aromatic carbocycles. The van der Waals surface area contributed by atoms with Crippen molar-refractivity contribution in [2.24, 2.45) is 5.92 Å². The van der Waals surface area contributed by atoms with Crippen LogP contribution in [0.25, 0.3) is 0 Å². The number of ether oxygens (including phenoxy) is 1. The van der Waals surface area contributed by atoms with E-state index in [1.807, 2.05) is 51.1 Å². The molecule has 0 amide bonds. The predicted octanol–water partition coefficient (Wildman–Crippen LogP) is 3.36. The van der Waals surface area contributed by atoms with E-state index in [9.17, 15) is 9.59 Å². The van der Waals surface area contributed by atoms with Gasteiger partial charge in [0.05, 0.1) is 0 Å². The van der Waals surface area contributed by atoms with Gasteiger partial charge in [-0.15, -0.1) is 0 Å². The maximum atomic E-state index is 11.8. The lowest BCUT2D eigenvalue weighted by Gasteiger charge is -2.38. The van der Waals surface area contributed by atoms with Crippen molar-refractivity contribution in [1.29, 1.82) is 0 Å². The number of esters is 1. The molecule has 1 rings (SSSR count). The molecule has 0 aromatic heterocycles. The molecule has 0 saturated heterocycles. The lowest BCUT2D eigenvalue weighted by Crippen LogP contribution is -2.38. The second kappa shape index (κ2) is 7.08. The highest BCUT2D eigenvalue weighted by molar-refractivity contribution is 5.90.